The maximum absolute atomic E-state index is 12.7. The van der Waals surface area contributed by atoms with Crippen LogP contribution in [0.4, 0.5) is 18.9 Å². The quantitative estimate of drug-likeness (QED) is 0.765. The Morgan fingerprint density at radius 1 is 1.12 bits per heavy atom. The minimum atomic E-state index is -4.47. The van der Waals surface area contributed by atoms with Crippen LogP contribution in [0.15, 0.2) is 48.7 Å². The summed E-state index contributed by atoms with van der Waals surface area (Å²) in [6.45, 7) is 1.65. The zero-order chi connectivity index (χ0) is 17.3. The van der Waals surface area contributed by atoms with Crippen LogP contribution in [0.1, 0.15) is 21.6 Å². The molecule has 7 heteroatoms. The van der Waals surface area contributed by atoms with Gasteiger partial charge in [-0.25, -0.2) is 9.97 Å². The fourth-order valence-corrected chi connectivity index (χ4v) is 2.30. The number of fused-ring (bicyclic) bond motifs is 1. The number of alkyl halides is 3. The normalized spacial score (nSPS) is 11.5. The van der Waals surface area contributed by atoms with E-state index in [2.05, 4.69) is 15.3 Å². The number of halogens is 3. The van der Waals surface area contributed by atoms with Crippen molar-refractivity contribution in [2.45, 2.75) is 13.1 Å². The molecule has 0 aliphatic heterocycles. The van der Waals surface area contributed by atoms with Crippen LogP contribution < -0.4 is 5.32 Å². The summed E-state index contributed by atoms with van der Waals surface area (Å²) < 4.78 is 38.2. The number of nitrogens with one attached hydrogen (secondary N) is 1. The third-order valence-corrected chi connectivity index (χ3v) is 3.47. The van der Waals surface area contributed by atoms with Crippen molar-refractivity contribution < 1.29 is 18.0 Å². The molecule has 2 aromatic heterocycles. The monoisotopic (exact) mass is 331 g/mol. The van der Waals surface area contributed by atoms with Gasteiger partial charge in [0, 0.05) is 17.3 Å². The second-order valence-corrected chi connectivity index (χ2v) is 5.20. The van der Waals surface area contributed by atoms with Gasteiger partial charge in [0.25, 0.3) is 5.91 Å². The van der Waals surface area contributed by atoms with E-state index in [1.165, 1.54) is 12.1 Å². The lowest BCUT2D eigenvalue weighted by Crippen LogP contribution is -2.15. The van der Waals surface area contributed by atoms with Crippen molar-refractivity contribution in [1.82, 2.24) is 9.97 Å². The first-order valence-corrected chi connectivity index (χ1v) is 7.05. The highest BCUT2D eigenvalue weighted by Gasteiger charge is 2.30. The van der Waals surface area contributed by atoms with Gasteiger partial charge in [0.15, 0.2) is 5.65 Å². The number of amides is 1. The highest BCUT2D eigenvalue weighted by atomic mass is 19.4. The van der Waals surface area contributed by atoms with Gasteiger partial charge in [-0.05, 0) is 43.3 Å². The number of rotatable bonds is 2. The number of carbonyl (C=O) groups excluding carboxylic acids is 1. The number of nitrogens with zero attached hydrogens (tertiary/aromatic N) is 2. The number of hydrogen-bond donors (Lipinski definition) is 1. The lowest BCUT2D eigenvalue weighted by atomic mass is 10.1. The Hall–Kier alpha value is -2.96. The number of pyridine rings is 2. The third-order valence-electron chi connectivity index (χ3n) is 3.47. The molecule has 0 spiro atoms. The molecule has 2 heterocycles. The highest BCUT2D eigenvalue weighted by Crippen LogP contribution is 2.30. The average molecular weight is 331 g/mol. The molecule has 122 valence electrons. The van der Waals surface area contributed by atoms with E-state index < -0.39 is 17.6 Å². The van der Waals surface area contributed by atoms with Crippen LogP contribution in [-0.4, -0.2) is 15.9 Å². The molecule has 1 N–H and O–H groups in total. The Bertz CT molecular complexity index is 922. The van der Waals surface area contributed by atoms with Crippen molar-refractivity contribution in [1.29, 1.82) is 0 Å². The zero-order valence-corrected chi connectivity index (χ0v) is 12.6. The molecule has 0 unspecified atom stereocenters. The highest BCUT2D eigenvalue weighted by molar-refractivity contribution is 6.06. The minimum absolute atomic E-state index is 0.0699. The van der Waals surface area contributed by atoms with Crippen LogP contribution in [0.2, 0.25) is 0 Å². The Kier molecular flexibility index (Phi) is 3.92. The molecule has 0 atom stereocenters. The number of benzene rings is 1. The summed E-state index contributed by atoms with van der Waals surface area (Å²) in [5.41, 5.74) is 0.488. The van der Waals surface area contributed by atoms with Crippen LogP contribution in [0.25, 0.3) is 11.0 Å². The van der Waals surface area contributed by atoms with E-state index in [4.69, 9.17) is 0 Å². The molecule has 3 aromatic rings. The molecule has 0 saturated carbocycles. The van der Waals surface area contributed by atoms with E-state index in [-0.39, 0.29) is 11.3 Å². The van der Waals surface area contributed by atoms with Crippen molar-refractivity contribution in [2.24, 2.45) is 0 Å². The molecule has 24 heavy (non-hydrogen) atoms. The second-order valence-electron chi connectivity index (χ2n) is 5.20. The Morgan fingerprint density at radius 3 is 2.67 bits per heavy atom. The van der Waals surface area contributed by atoms with Crippen LogP contribution in [0.5, 0.6) is 0 Å². The zero-order valence-electron chi connectivity index (χ0n) is 12.6. The topological polar surface area (TPSA) is 54.9 Å². The van der Waals surface area contributed by atoms with Gasteiger partial charge < -0.3 is 5.32 Å². The van der Waals surface area contributed by atoms with E-state index in [9.17, 15) is 18.0 Å². The van der Waals surface area contributed by atoms with E-state index >= 15 is 0 Å². The maximum atomic E-state index is 12.7. The second kappa shape index (κ2) is 5.92. The number of aromatic nitrogens is 2. The molecular formula is C17H12F3N3O. The summed E-state index contributed by atoms with van der Waals surface area (Å²) in [7, 11) is 0. The predicted octanol–water partition coefficient (Wildman–Crippen LogP) is 4.21. The van der Waals surface area contributed by atoms with Crippen molar-refractivity contribution in [3.05, 3.63) is 65.5 Å². The Balaban J connectivity index is 1.92. The number of aryl methyl sites for hydroxylation is 1. The fourth-order valence-electron chi connectivity index (χ4n) is 2.30. The standard InChI is InChI=1S/C17H12F3N3O/c1-10-14(8-11-4-3-7-21-15(11)22-10)16(24)23-13-6-2-5-12(9-13)17(18,19)20/h2-9H,1H3,(H,23,24). The van der Waals surface area contributed by atoms with Crippen molar-refractivity contribution in [3.63, 3.8) is 0 Å². The van der Waals surface area contributed by atoms with Gasteiger partial charge in [0.2, 0.25) is 0 Å². The van der Waals surface area contributed by atoms with Crippen LogP contribution in [0, 0.1) is 6.92 Å². The molecule has 1 amide bonds. The predicted molar refractivity (Wildman–Crippen MR) is 83.7 cm³/mol. The Labute approximate surface area is 135 Å². The molecule has 0 saturated heterocycles. The van der Waals surface area contributed by atoms with Gasteiger partial charge in [-0.15, -0.1) is 0 Å². The van der Waals surface area contributed by atoms with E-state index in [0.717, 1.165) is 12.1 Å². The average Bonchev–Trinajstić information content (AvgIpc) is 2.53. The molecule has 1 aromatic carbocycles. The van der Waals surface area contributed by atoms with Gasteiger partial charge in [0.1, 0.15) is 0 Å². The van der Waals surface area contributed by atoms with E-state index in [1.807, 2.05) is 0 Å². The summed E-state index contributed by atoms with van der Waals surface area (Å²) in [6.07, 6.45) is -2.87. The lowest BCUT2D eigenvalue weighted by molar-refractivity contribution is -0.137. The fraction of sp³-hybridized carbons (Fsp3) is 0.118. The summed E-state index contributed by atoms with van der Waals surface area (Å²) in [4.78, 5) is 20.7. The molecule has 0 fully saturated rings. The summed E-state index contributed by atoms with van der Waals surface area (Å²) in [5, 5.41) is 3.15. The van der Waals surface area contributed by atoms with Gasteiger partial charge in [-0.1, -0.05) is 6.07 Å². The van der Waals surface area contributed by atoms with E-state index in [1.54, 1.807) is 31.3 Å². The third kappa shape index (κ3) is 3.19. The first-order valence-electron chi connectivity index (χ1n) is 7.05. The molecule has 0 radical (unpaired) electrons. The molecule has 0 aliphatic rings. The summed E-state index contributed by atoms with van der Waals surface area (Å²) in [6, 6.07) is 9.58. The largest absolute Gasteiger partial charge is 0.416 e. The van der Waals surface area contributed by atoms with Gasteiger partial charge >= 0.3 is 6.18 Å². The Morgan fingerprint density at radius 2 is 1.92 bits per heavy atom. The van der Waals surface area contributed by atoms with Gasteiger partial charge in [0.05, 0.1) is 16.8 Å². The SMILES string of the molecule is Cc1nc2ncccc2cc1C(=O)Nc1cccc(C(F)(F)F)c1. The number of hydrogen-bond acceptors (Lipinski definition) is 3. The van der Waals surface area contributed by atoms with Crippen molar-refractivity contribution >= 4 is 22.6 Å². The molecule has 0 bridgehead atoms. The first kappa shape index (κ1) is 15.9. The number of anilines is 1. The summed E-state index contributed by atoms with van der Waals surface area (Å²) >= 11 is 0. The minimum Gasteiger partial charge on any atom is -0.322 e. The van der Waals surface area contributed by atoms with Crippen LogP contribution in [-0.2, 0) is 6.18 Å². The van der Waals surface area contributed by atoms with Crippen molar-refractivity contribution in [2.75, 3.05) is 5.32 Å². The van der Waals surface area contributed by atoms with E-state index in [0.29, 0.717) is 16.7 Å². The maximum Gasteiger partial charge on any atom is 0.416 e. The van der Waals surface area contributed by atoms with Gasteiger partial charge in [-0.3, -0.25) is 4.79 Å². The molecule has 0 aliphatic carbocycles. The smallest absolute Gasteiger partial charge is 0.322 e. The molecular weight excluding hydrogens is 319 g/mol. The summed E-state index contributed by atoms with van der Waals surface area (Å²) in [5.74, 6) is -0.523. The lowest BCUT2D eigenvalue weighted by Gasteiger charge is -2.11. The van der Waals surface area contributed by atoms with Crippen LogP contribution >= 0.6 is 0 Å². The van der Waals surface area contributed by atoms with Gasteiger partial charge in [-0.2, -0.15) is 13.2 Å². The number of carbonyl (C=O) groups is 1. The molecule has 3 rings (SSSR count). The van der Waals surface area contributed by atoms with Crippen LogP contribution in [0.3, 0.4) is 0 Å². The van der Waals surface area contributed by atoms with Crippen molar-refractivity contribution in [3.8, 4) is 0 Å². The first-order chi connectivity index (χ1) is 11.3. The molecule has 4 nitrogen and oxygen atoms in total.